The van der Waals surface area contributed by atoms with Crippen LogP contribution in [-0.4, -0.2) is 23.0 Å². The Morgan fingerprint density at radius 1 is 1.33 bits per heavy atom. The van der Waals surface area contributed by atoms with Crippen LogP contribution < -0.4 is 0 Å². The minimum Gasteiger partial charge on any atom is -0.389 e. The van der Waals surface area contributed by atoms with Gasteiger partial charge < -0.3 is 9.94 Å². The van der Waals surface area contributed by atoms with Crippen molar-refractivity contribution in [2.24, 2.45) is 5.16 Å². The third kappa shape index (κ3) is 2.41. The molecule has 0 radical (unpaired) electrons. The van der Waals surface area contributed by atoms with Crippen LogP contribution in [0, 0.1) is 20.8 Å². The molecular formula is C15H21NO2. The van der Waals surface area contributed by atoms with Crippen molar-refractivity contribution >= 4 is 5.71 Å². The average molecular weight is 247 g/mol. The van der Waals surface area contributed by atoms with Gasteiger partial charge in [-0.15, -0.1) is 0 Å². The molecule has 0 unspecified atom stereocenters. The molecule has 0 aliphatic carbocycles. The summed E-state index contributed by atoms with van der Waals surface area (Å²) < 4.78 is 0. The number of aryl methyl sites for hydroxylation is 3. The number of aliphatic hydroxyl groups excluding tert-OH is 1. The molecular weight excluding hydrogens is 226 g/mol. The van der Waals surface area contributed by atoms with Gasteiger partial charge in [0.15, 0.2) is 6.10 Å². The summed E-state index contributed by atoms with van der Waals surface area (Å²) in [5, 5.41) is 14.0. The van der Waals surface area contributed by atoms with E-state index in [4.69, 9.17) is 4.84 Å². The van der Waals surface area contributed by atoms with Gasteiger partial charge in [0.05, 0.1) is 11.8 Å². The van der Waals surface area contributed by atoms with E-state index in [2.05, 4.69) is 38.1 Å². The lowest BCUT2D eigenvalue weighted by molar-refractivity contribution is -0.0182. The highest BCUT2D eigenvalue weighted by Crippen LogP contribution is 2.25. The normalized spacial score (nSPS) is 20.5. The first kappa shape index (κ1) is 13.1. The summed E-state index contributed by atoms with van der Waals surface area (Å²) in [6.45, 7) is 8.25. The fraction of sp³-hybridized carbons (Fsp3) is 0.533. The van der Waals surface area contributed by atoms with Crippen molar-refractivity contribution in [3.05, 3.63) is 34.4 Å². The summed E-state index contributed by atoms with van der Waals surface area (Å²) in [4.78, 5) is 5.35. The van der Waals surface area contributed by atoms with Gasteiger partial charge in [0.25, 0.3) is 0 Å². The van der Waals surface area contributed by atoms with Crippen molar-refractivity contribution in [1.29, 1.82) is 0 Å². The van der Waals surface area contributed by atoms with Crippen LogP contribution in [0.15, 0.2) is 17.3 Å². The number of benzene rings is 1. The Morgan fingerprint density at radius 3 is 2.50 bits per heavy atom. The fourth-order valence-electron chi connectivity index (χ4n) is 2.65. The number of oxime groups is 1. The molecule has 1 aromatic rings. The largest absolute Gasteiger partial charge is 0.389 e. The van der Waals surface area contributed by atoms with Crippen molar-refractivity contribution in [3.63, 3.8) is 0 Å². The van der Waals surface area contributed by atoms with Gasteiger partial charge >= 0.3 is 0 Å². The molecule has 0 saturated heterocycles. The first-order valence-electron chi connectivity index (χ1n) is 6.52. The zero-order chi connectivity index (χ0) is 13.3. The molecule has 0 bridgehead atoms. The molecule has 2 rings (SSSR count). The summed E-state index contributed by atoms with van der Waals surface area (Å²) in [6.07, 6.45) is 0.765. The standard InChI is InChI=1S/C15H21NO2/c1-5-13(17)14-8-12(16-18-14)15-10(3)6-9(2)7-11(15)4/h6-7,13-14,17H,5,8H2,1-4H3/t13-,14-/m1/s1. The molecule has 1 N–H and O–H groups in total. The van der Waals surface area contributed by atoms with Gasteiger partial charge in [-0.2, -0.15) is 0 Å². The molecule has 1 aromatic carbocycles. The first-order chi connectivity index (χ1) is 8.52. The summed E-state index contributed by atoms with van der Waals surface area (Å²) in [5.41, 5.74) is 5.84. The minimum absolute atomic E-state index is 0.190. The molecule has 18 heavy (non-hydrogen) atoms. The van der Waals surface area contributed by atoms with Crippen LogP contribution in [0.1, 0.15) is 42.0 Å². The SMILES string of the molecule is CC[C@@H](O)[C@H]1CC(c2c(C)cc(C)cc2C)=NO1. The zero-order valence-electron chi connectivity index (χ0n) is 11.5. The van der Waals surface area contributed by atoms with Crippen LogP contribution in [0.5, 0.6) is 0 Å². The summed E-state index contributed by atoms with van der Waals surface area (Å²) in [5.74, 6) is 0. The highest BCUT2D eigenvalue weighted by Gasteiger charge is 2.29. The van der Waals surface area contributed by atoms with E-state index >= 15 is 0 Å². The maximum Gasteiger partial charge on any atom is 0.158 e. The Kier molecular flexibility index (Phi) is 3.71. The highest BCUT2D eigenvalue weighted by atomic mass is 16.7. The molecule has 0 amide bonds. The Bertz CT molecular complexity index is 456. The number of rotatable bonds is 3. The molecule has 0 aromatic heterocycles. The number of hydrogen-bond acceptors (Lipinski definition) is 3. The maximum atomic E-state index is 9.81. The molecule has 1 heterocycles. The van der Waals surface area contributed by atoms with E-state index in [-0.39, 0.29) is 6.10 Å². The van der Waals surface area contributed by atoms with Crippen molar-refractivity contribution < 1.29 is 9.94 Å². The molecule has 1 aliphatic rings. The average Bonchev–Trinajstić information content (AvgIpc) is 2.76. The van der Waals surface area contributed by atoms with Gasteiger partial charge in [0, 0.05) is 12.0 Å². The lowest BCUT2D eigenvalue weighted by Crippen LogP contribution is -2.25. The number of hydrogen-bond donors (Lipinski definition) is 1. The van der Waals surface area contributed by atoms with E-state index in [9.17, 15) is 5.11 Å². The molecule has 1 aliphatic heterocycles. The predicted octanol–water partition coefficient (Wildman–Crippen LogP) is 2.88. The third-order valence-corrected chi connectivity index (χ3v) is 3.51. The van der Waals surface area contributed by atoms with Crippen LogP contribution >= 0.6 is 0 Å². The summed E-state index contributed by atoms with van der Waals surface area (Å²) in [6, 6.07) is 4.32. The molecule has 2 atom stereocenters. The van der Waals surface area contributed by atoms with E-state index in [0.29, 0.717) is 12.8 Å². The molecule has 3 heteroatoms. The molecule has 3 nitrogen and oxygen atoms in total. The van der Waals surface area contributed by atoms with Crippen LogP contribution in [0.25, 0.3) is 0 Å². The maximum absolute atomic E-state index is 9.81. The minimum atomic E-state index is -0.433. The Morgan fingerprint density at radius 2 is 1.94 bits per heavy atom. The van der Waals surface area contributed by atoms with Gasteiger partial charge in [0.2, 0.25) is 0 Å². The van der Waals surface area contributed by atoms with Crippen LogP contribution in [0.3, 0.4) is 0 Å². The molecule has 98 valence electrons. The van der Waals surface area contributed by atoms with E-state index < -0.39 is 6.10 Å². The summed E-state index contributed by atoms with van der Waals surface area (Å²) >= 11 is 0. The van der Waals surface area contributed by atoms with Gasteiger partial charge in [-0.25, -0.2) is 0 Å². The van der Waals surface area contributed by atoms with Crippen LogP contribution in [0.2, 0.25) is 0 Å². The predicted molar refractivity (Wildman–Crippen MR) is 73.0 cm³/mol. The first-order valence-corrected chi connectivity index (χ1v) is 6.52. The van der Waals surface area contributed by atoms with E-state index in [0.717, 1.165) is 5.71 Å². The number of aliphatic hydroxyl groups is 1. The van der Waals surface area contributed by atoms with E-state index in [1.54, 1.807) is 0 Å². The van der Waals surface area contributed by atoms with Crippen LogP contribution in [-0.2, 0) is 4.84 Å². The monoisotopic (exact) mass is 247 g/mol. The van der Waals surface area contributed by atoms with Crippen LogP contribution in [0.4, 0.5) is 0 Å². The Hall–Kier alpha value is -1.35. The second-order valence-electron chi connectivity index (χ2n) is 5.14. The van der Waals surface area contributed by atoms with Gasteiger partial charge in [-0.05, 0) is 38.3 Å². The summed E-state index contributed by atoms with van der Waals surface area (Å²) in [7, 11) is 0. The van der Waals surface area contributed by atoms with Crippen molar-refractivity contribution in [1.82, 2.24) is 0 Å². The lowest BCUT2D eigenvalue weighted by atomic mass is 9.93. The molecule has 0 saturated carbocycles. The van der Waals surface area contributed by atoms with E-state index in [1.165, 1.54) is 22.3 Å². The smallest absolute Gasteiger partial charge is 0.158 e. The van der Waals surface area contributed by atoms with Crippen molar-refractivity contribution in [3.8, 4) is 0 Å². The van der Waals surface area contributed by atoms with Gasteiger partial charge in [-0.3, -0.25) is 0 Å². The molecule has 0 fully saturated rings. The quantitative estimate of drug-likeness (QED) is 0.892. The van der Waals surface area contributed by atoms with Crippen molar-refractivity contribution in [2.45, 2.75) is 52.7 Å². The van der Waals surface area contributed by atoms with E-state index in [1.807, 2.05) is 6.92 Å². The lowest BCUT2D eigenvalue weighted by Gasteiger charge is -2.14. The zero-order valence-corrected chi connectivity index (χ0v) is 11.5. The Balaban J connectivity index is 2.25. The second kappa shape index (κ2) is 5.11. The van der Waals surface area contributed by atoms with Gasteiger partial charge in [-0.1, -0.05) is 29.8 Å². The topological polar surface area (TPSA) is 41.8 Å². The fourth-order valence-corrected chi connectivity index (χ4v) is 2.65. The third-order valence-electron chi connectivity index (χ3n) is 3.51. The molecule has 0 spiro atoms. The second-order valence-corrected chi connectivity index (χ2v) is 5.14. The van der Waals surface area contributed by atoms with Gasteiger partial charge in [0.1, 0.15) is 0 Å². The Labute approximate surface area is 108 Å². The highest BCUT2D eigenvalue weighted by molar-refractivity contribution is 6.03. The number of nitrogens with zero attached hydrogens (tertiary/aromatic N) is 1. The van der Waals surface area contributed by atoms with Crippen molar-refractivity contribution in [2.75, 3.05) is 0 Å².